The molecule has 0 aromatic heterocycles. The number of alkyl halides is 3. The zero-order valence-corrected chi connectivity index (χ0v) is 15.3. The fraction of sp³-hybridized carbons (Fsp3) is 0.188. The van der Waals surface area contributed by atoms with Gasteiger partial charge in [0.25, 0.3) is 10.0 Å². The maximum Gasteiger partial charge on any atom is 0.416 e. The highest BCUT2D eigenvalue weighted by atomic mass is 35.5. The van der Waals surface area contributed by atoms with E-state index in [9.17, 15) is 26.4 Å². The average molecular weight is 424 g/mol. The summed E-state index contributed by atoms with van der Waals surface area (Å²) >= 11 is 5.88. The van der Waals surface area contributed by atoms with Crippen molar-refractivity contribution in [2.24, 2.45) is 0 Å². The molecule has 0 aliphatic rings. The molecule has 2 aromatic carbocycles. The van der Waals surface area contributed by atoms with E-state index < -0.39 is 40.0 Å². The van der Waals surface area contributed by atoms with Gasteiger partial charge in [-0.1, -0.05) is 11.6 Å². The van der Waals surface area contributed by atoms with E-state index in [1.54, 1.807) is 0 Å². The summed E-state index contributed by atoms with van der Waals surface area (Å²) in [6.45, 7) is -1.12. The molecule has 0 saturated heterocycles. The van der Waals surface area contributed by atoms with E-state index in [2.05, 4.69) is 0 Å². The molecule has 0 unspecified atom stereocenters. The van der Waals surface area contributed by atoms with Crippen LogP contribution >= 0.6 is 11.6 Å². The van der Waals surface area contributed by atoms with Gasteiger partial charge in [-0.2, -0.15) is 13.2 Å². The Morgan fingerprint density at radius 1 is 1.19 bits per heavy atom. The number of nitrogens with zero attached hydrogens (tertiary/aromatic N) is 1. The topological polar surface area (TPSA) is 83.9 Å². The smallest absolute Gasteiger partial charge is 0.416 e. The highest BCUT2D eigenvalue weighted by molar-refractivity contribution is 7.92. The van der Waals surface area contributed by atoms with Gasteiger partial charge in [-0.3, -0.25) is 9.10 Å². The van der Waals surface area contributed by atoms with Crippen LogP contribution < -0.4 is 9.04 Å². The van der Waals surface area contributed by atoms with Crippen molar-refractivity contribution in [2.45, 2.75) is 11.1 Å². The first-order valence-electron chi connectivity index (χ1n) is 7.22. The molecule has 0 heterocycles. The van der Waals surface area contributed by atoms with Gasteiger partial charge < -0.3 is 9.84 Å². The van der Waals surface area contributed by atoms with Crippen molar-refractivity contribution in [2.75, 3.05) is 18.0 Å². The van der Waals surface area contributed by atoms with E-state index >= 15 is 0 Å². The maximum absolute atomic E-state index is 13.0. The van der Waals surface area contributed by atoms with E-state index in [-0.39, 0.29) is 9.92 Å². The molecule has 11 heteroatoms. The lowest BCUT2D eigenvalue weighted by molar-refractivity contribution is -0.137. The first kappa shape index (κ1) is 20.8. The zero-order chi connectivity index (χ0) is 20.4. The molecule has 0 saturated carbocycles. The summed E-state index contributed by atoms with van der Waals surface area (Å²) in [6, 6.07) is 6.95. The molecule has 0 atom stereocenters. The van der Waals surface area contributed by atoms with Gasteiger partial charge >= 0.3 is 12.1 Å². The maximum atomic E-state index is 13.0. The fourth-order valence-corrected chi connectivity index (χ4v) is 3.87. The minimum absolute atomic E-state index is 0.314. The number of benzene rings is 2. The Morgan fingerprint density at radius 2 is 1.78 bits per heavy atom. The molecule has 0 amide bonds. The lowest BCUT2D eigenvalue weighted by atomic mass is 10.2. The second-order valence-electron chi connectivity index (χ2n) is 5.24. The molecule has 0 bridgehead atoms. The van der Waals surface area contributed by atoms with Crippen molar-refractivity contribution in [3.05, 3.63) is 53.1 Å². The Bertz CT molecular complexity index is 946. The summed E-state index contributed by atoms with van der Waals surface area (Å²) in [5.41, 5.74) is -1.76. The van der Waals surface area contributed by atoms with Crippen LogP contribution in [0.1, 0.15) is 5.56 Å². The van der Waals surface area contributed by atoms with Crippen LogP contribution in [-0.2, 0) is 21.0 Å². The van der Waals surface area contributed by atoms with Crippen LogP contribution in [0.3, 0.4) is 0 Å². The molecular weight excluding hydrogens is 411 g/mol. The molecule has 0 fully saturated rings. The number of carbonyl (C=O) groups is 1. The number of carboxylic acid groups (broad SMARTS) is 1. The van der Waals surface area contributed by atoms with Crippen LogP contribution in [0.5, 0.6) is 5.75 Å². The third kappa shape index (κ3) is 4.64. The molecular formula is C16H13ClF3NO5S. The van der Waals surface area contributed by atoms with Crippen molar-refractivity contribution >= 4 is 33.3 Å². The van der Waals surface area contributed by atoms with Crippen molar-refractivity contribution in [3.8, 4) is 5.75 Å². The highest BCUT2D eigenvalue weighted by Gasteiger charge is 2.34. The van der Waals surface area contributed by atoms with Gasteiger partial charge in [-0.15, -0.1) is 0 Å². The Morgan fingerprint density at radius 3 is 2.26 bits per heavy atom. The number of aliphatic carboxylic acids is 1. The van der Waals surface area contributed by atoms with Gasteiger partial charge in [0.15, 0.2) is 0 Å². The van der Waals surface area contributed by atoms with Crippen LogP contribution in [0.15, 0.2) is 47.4 Å². The largest absolute Gasteiger partial charge is 0.497 e. The number of rotatable bonds is 6. The van der Waals surface area contributed by atoms with Crippen LogP contribution in [0.25, 0.3) is 0 Å². The number of methoxy groups -OCH3 is 1. The number of carboxylic acids is 1. The Kier molecular flexibility index (Phi) is 5.91. The molecule has 27 heavy (non-hydrogen) atoms. The zero-order valence-electron chi connectivity index (χ0n) is 13.7. The second kappa shape index (κ2) is 7.65. The number of hydrogen-bond donors (Lipinski definition) is 1. The summed E-state index contributed by atoms with van der Waals surface area (Å²) in [6.07, 6.45) is -4.77. The lowest BCUT2D eigenvalue weighted by Crippen LogP contribution is -2.36. The number of sulfonamides is 1. The number of halogens is 4. The van der Waals surface area contributed by atoms with Gasteiger partial charge in [0.05, 0.1) is 28.3 Å². The Labute approximate surface area is 157 Å². The van der Waals surface area contributed by atoms with Crippen molar-refractivity contribution in [3.63, 3.8) is 0 Å². The lowest BCUT2D eigenvalue weighted by Gasteiger charge is -2.24. The minimum Gasteiger partial charge on any atom is -0.497 e. The molecule has 0 aliphatic heterocycles. The van der Waals surface area contributed by atoms with Crippen molar-refractivity contribution in [1.29, 1.82) is 0 Å². The van der Waals surface area contributed by atoms with Crippen LogP contribution in [0, 0.1) is 0 Å². The first-order chi connectivity index (χ1) is 12.5. The standard InChI is InChI=1S/C16H13ClF3NO5S/c1-26-11-3-5-12(6-4-11)27(24,25)21(9-15(22)23)14-8-10(16(18,19)20)2-7-13(14)17/h2-8H,9H2,1H3,(H,22,23). The van der Waals surface area contributed by atoms with Gasteiger partial charge in [-0.05, 0) is 42.5 Å². The second-order valence-corrected chi connectivity index (χ2v) is 7.51. The summed E-state index contributed by atoms with van der Waals surface area (Å²) in [5, 5.41) is 8.72. The SMILES string of the molecule is COc1ccc(S(=O)(=O)N(CC(=O)O)c2cc(C(F)(F)F)ccc2Cl)cc1. The predicted molar refractivity (Wildman–Crippen MR) is 91.6 cm³/mol. The van der Waals surface area contributed by atoms with Crippen LogP contribution in [-0.4, -0.2) is 33.1 Å². The quantitative estimate of drug-likeness (QED) is 0.766. The molecule has 2 rings (SSSR count). The van der Waals surface area contributed by atoms with E-state index in [0.29, 0.717) is 22.2 Å². The van der Waals surface area contributed by atoms with Crippen molar-refractivity contribution in [1.82, 2.24) is 0 Å². The Balaban J connectivity index is 2.63. The third-order valence-corrected chi connectivity index (χ3v) is 5.56. The van der Waals surface area contributed by atoms with Gasteiger partial charge in [0, 0.05) is 0 Å². The molecule has 0 radical (unpaired) electrons. The van der Waals surface area contributed by atoms with E-state index in [1.165, 1.54) is 19.2 Å². The van der Waals surface area contributed by atoms with Crippen LogP contribution in [0.4, 0.5) is 18.9 Å². The highest BCUT2D eigenvalue weighted by Crippen LogP contribution is 2.37. The summed E-state index contributed by atoms with van der Waals surface area (Å²) in [7, 11) is -3.15. The molecule has 0 aliphatic carbocycles. The monoisotopic (exact) mass is 423 g/mol. The van der Waals surface area contributed by atoms with E-state index in [0.717, 1.165) is 18.2 Å². The number of anilines is 1. The summed E-state index contributed by atoms with van der Waals surface area (Å²) in [4.78, 5) is 10.8. The predicted octanol–water partition coefficient (Wildman–Crippen LogP) is 3.65. The molecule has 1 N–H and O–H groups in total. The van der Waals surface area contributed by atoms with Crippen molar-refractivity contribution < 1.29 is 36.2 Å². The van der Waals surface area contributed by atoms with E-state index in [1.807, 2.05) is 0 Å². The summed E-state index contributed by atoms with van der Waals surface area (Å²) in [5.74, 6) is -1.23. The molecule has 2 aromatic rings. The van der Waals surface area contributed by atoms with Gasteiger partial charge in [0.2, 0.25) is 0 Å². The van der Waals surface area contributed by atoms with E-state index in [4.69, 9.17) is 21.4 Å². The summed E-state index contributed by atoms with van der Waals surface area (Å²) < 4.78 is 69.9. The molecule has 146 valence electrons. The number of hydrogen-bond acceptors (Lipinski definition) is 4. The van der Waals surface area contributed by atoms with Crippen LogP contribution in [0.2, 0.25) is 5.02 Å². The van der Waals surface area contributed by atoms with Gasteiger partial charge in [0.1, 0.15) is 12.3 Å². The number of ether oxygens (including phenoxy) is 1. The van der Waals surface area contributed by atoms with Gasteiger partial charge in [-0.25, -0.2) is 8.42 Å². The average Bonchev–Trinajstić information content (AvgIpc) is 2.59. The Hall–Kier alpha value is -2.46. The molecule has 0 spiro atoms. The third-order valence-electron chi connectivity index (χ3n) is 3.47. The molecule has 6 nitrogen and oxygen atoms in total. The first-order valence-corrected chi connectivity index (χ1v) is 9.04. The fourth-order valence-electron chi connectivity index (χ4n) is 2.18. The minimum atomic E-state index is -4.77. The normalized spacial score (nSPS) is 11.9.